The van der Waals surface area contributed by atoms with Crippen molar-refractivity contribution in [2.45, 2.75) is 34.1 Å². The molecule has 1 N–H and O–H groups in total. The van der Waals surface area contributed by atoms with E-state index in [1.54, 1.807) is 6.08 Å². The molecular formula is C11H21NO. The lowest BCUT2D eigenvalue weighted by Crippen LogP contribution is -2.22. The van der Waals surface area contributed by atoms with Crippen LogP contribution < -0.4 is 5.32 Å². The molecule has 0 spiro atoms. The van der Waals surface area contributed by atoms with E-state index in [1.807, 2.05) is 19.9 Å². The third-order valence-electron chi connectivity index (χ3n) is 1.37. The van der Waals surface area contributed by atoms with Gasteiger partial charge in [0.2, 0.25) is 5.91 Å². The predicted octanol–water partition coefficient (Wildman–Crippen LogP) is 2.67. The van der Waals surface area contributed by atoms with E-state index in [0.29, 0.717) is 6.54 Å². The van der Waals surface area contributed by atoms with Gasteiger partial charge in [0.1, 0.15) is 0 Å². The summed E-state index contributed by atoms with van der Waals surface area (Å²) in [5.74, 6) is 0.00779. The second-order valence-electron chi connectivity index (χ2n) is 2.32. The largest absolute Gasteiger partial charge is 0.353 e. The summed E-state index contributed by atoms with van der Waals surface area (Å²) in [7, 11) is 0. The van der Waals surface area contributed by atoms with Crippen molar-refractivity contribution in [1.82, 2.24) is 5.32 Å². The third-order valence-corrected chi connectivity index (χ3v) is 1.37. The highest BCUT2D eigenvalue weighted by molar-refractivity contribution is 5.73. The van der Waals surface area contributed by atoms with Crippen LogP contribution in [0.25, 0.3) is 0 Å². The van der Waals surface area contributed by atoms with Crippen molar-refractivity contribution >= 4 is 5.91 Å². The molecule has 0 unspecified atom stereocenters. The Kier molecular flexibility index (Phi) is 12.2. The van der Waals surface area contributed by atoms with E-state index < -0.39 is 0 Å². The van der Waals surface area contributed by atoms with Crippen LogP contribution in [0.2, 0.25) is 0 Å². The van der Waals surface area contributed by atoms with Crippen molar-refractivity contribution in [3.05, 3.63) is 24.3 Å². The lowest BCUT2D eigenvalue weighted by molar-refractivity contribution is -0.118. The average Bonchev–Trinajstić information content (AvgIpc) is 2.15. The quantitative estimate of drug-likeness (QED) is 0.667. The Morgan fingerprint density at radius 1 is 1.46 bits per heavy atom. The molecule has 76 valence electrons. The minimum atomic E-state index is 0.00779. The summed E-state index contributed by atoms with van der Waals surface area (Å²) in [6.45, 7) is 11.8. The topological polar surface area (TPSA) is 29.1 Å². The molecule has 0 radical (unpaired) electrons. The zero-order valence-corrected chi connectivity index (χ0v) is 9.18. The third kappa shape index (κ3) is 10.9. The van der Waals surface area contributed by atoms with Gasteiger partial charge in [0.05, 0.1) is 0 Å². The monoisotopic (exact) mass is 183 g/mol. The molecule has 2 nitrogen and oxygen atoms in total. The Bertz CT molecular complexity index is 171. The smallest absolute Gasteiger partial charge is 0.217 e. The highest BCUT2D eigenvalue weighted by Gasteiger charge is 1.93. The number of hydrogen-bond acceptors (Lipinski definition) is 1. The van der Waals surface area contributed by atoms with Gasteiger partial charge in [-0.3, -0.25) is 4.79 Å². The van der Waals surface area contributed by atoms with E-state index in [0.717, 1.165) is 6.42 Å². The number of hydrogen-bond donors (Lipinski definition) is 1. The van der Waals surface area contributed by atoms with Crippen LogP contribution >= 0.6 is 0 Å². The fraction of sp³-hybridized carbons (Fsp3) is 0.545. The van der Waals surface area contributed by atoms with Gasteiger partial charge in [0.15, 0.2) is 0 Å². The van der Waals surface area contributed by atoms with Gasteiger partial charge >= 0.3 is 0 Å². The molecule has 0 saturated carbocycles. The number of nitrogens with one attached hydrogen (secondary N) is 1. The Hall–Kier alpha value is -1.05. The normalized spacial score (nSPS) is 9.69. The minimum Gasteiger partial charge on any atom is -0.353 e. The van der Waals surface area contributed by atoms with Crippen LogP contribution in [-0.2, 0) is 4.79 Å². The number of amides is 1. The molecule has 0 aliphatic heterocycles. The van der Waals surface area contributed by atoms with E-state index in [1.165, 1.54) is 12.5 Å². The van der Waals surface area contributed by atoms with Gasteiger partial charge in [0, 0.05) is 13.5 Å². The maximum atomic E-state index is 10.5. The van der Waals surface area contributed by atoms with Gasteiger partial charge in [-0.2, -0.15) is 0 Å². The standard InChI is InChI=1S/C9H15NO.C2H6/c1-4-6-9(5-2)7-10-8(3)11;1-2/h4,6H,1,5,7H2,2-3H3,(H,10,11);1-2H3/b9-6+;. The minimum absolute atomic E-state index is 0.00779. The highest BCUT2D eigenvalue weighted by Crippen LogP contribution is 1.97. The molecule has 0 rings (SSSR count). The second-order valence-corrected chi connectivity index (χ2v) is 2.32. The van der Waals surface area contributed by atoms with Crippen LogP contribution in [0, 0.1) is 0 Å². The number of rotatable bonds is 4. The summed E-state index contributed by atoms with van der Waals surface area (Å²) >= 11 is 0. The van der Waals surface area contributed by atoms with E-state index in [-0.39, 0.29) is 5.91 Å². The molecule has 0 aliphatic carbocycles. The molecule has 0 saturated heterocycles. The van der Waals surface area contributed by atoms with Crippen molar-refractivity contribution in [1.29, 1.82) is 0 Å². The molecule has 0 aromatic rings. The Morgan fingerprint density at radius 2 is 2.00 bits per heavy atom. The van der Waals surface area contributed by atoms with Crippen LogP contribution in [-0.4, -0.2) is 12.5 Å². The molecule has 0 bridgehead atoms. The summed E-state index contributed by atoms with van der Waals surface area (Å²) in [4.78, 5) is 10.5. The zero-order chi connectivity index (χ0) is 10.7. The first-order chi connectivity index (χ1) is 6.20. The van der Waals surface area contributed by atoms with Crippen molar-refractivity contribution in [2.75, 3.05) is 6.54 Å². The molecule has 0 atom stereocenters. The lowest BCUT2D eigenvalue weighted by atomic mass is 10.2. The molecule has 0 aromatic heterocycles. The van der Waals surface area contributed by atoms with Gasteiger partial charge in [0.25, 0.3) is 0 Å². The van der Waals surface area contributed by atoms with E-state index >= 15 is 0 Å². The molecule has 13 heavy (non-hydrogen) atoms. The SMILES string of the molecule is C=C/C=C(\CC)CNC(C)=O.CC. The number of carbonyl (C=O) groups excluding carboxylic acids is 1. The number of carbonyl (C=O) groups is 1. The van der Waals surface area contributed by atoms with Crippen molar-refractivity contribution in [3.63, 3.8) is 0 Å². The summed E-state index contributed by atoms with van der Waals surface area (Å²) in [5.41, 5.74) is 1.19. The maximum absolute atomic E-state index is 10.5. The lowest BCUT2D eigenvalue weighted by Gasteiger charge is -2.03. The van der Waals surface area contributed by atoms with Crippen molar-refractivity contribution in [3.8, 4) is 0 Å². The van der Waals surface area contributed by atoms with Gasteiger partial charge in [-0.25, -0.2) is 0 Å². The molecule has 2 heteroatoms. The van der Waals surface area contributed by atoms with E-state index in [4.69, 9.17) is 0 Å². The number of allylic oxidation sites excluding steroid dienone is 2. The Balaban J connectivity index is 0. The fourth-order valence-electron chi connectivity index (χ4n) is 0.706. The highest BCUT2D eigenvalue weighted by atomic mass is 16.1. The molecule has 0 aromatic carbocycles. The Labute approximate surface area is 81.7 Å². The van der Waals surface area contributed by atoms with Crippen LogP contribution in [0.4, 0.5) is 0 Å². The van der Waals surface area contributed by atoms with Gasteiger partial charge in [-0.1, -0.05) is 45.1 Å². The first-order valence-electron chi connectivity index (χ1n) is 4.75. The van der Waals surface area contributed by atoms with Crippen LogP contribution in [0.1, 0.15) is 34.1 Å². The van der Waals surface area contributed by atoms with E-state index in [2.05, 4.69) is 18.8 Å². The summed E-state index contributed by atoms with van der Waals surface area (Å²) in [6, 6.07) is 0. The van der Waals surface area contributed by atoms with Gasteiger partial charge < -0.3 is 5.32 Å². The summed E-state index contributed by atoms with van der Waals surface area (Å²) < 4.78 is 0. The Morgan fingerprint density at radius 3 is 2.31 bits per heavy atom. The molecule has 0 fully saturated rings. The summed E-state index contributed by atoms with van der Waals surface area (Å²) in [5, 5.41) is 2.73. The van der Waals surface area contributed by atoms with Crippen LogP contribution in [0.3, 0.4) is 0 Å². The molecule has 1 amide bonds. The predicted molar refractivity (Wildman–Crippen MR) is 58.6 cm³/mol. The summed E-state index contributed by atoms with van der Waals surface area (Å²) in [6.07, 6.45) is 4.61. The first-order valence-corrected chi connectivity index (χ1v) is 4.75. The fourth-order valence-corrected chi connectivity index (χ4v) is 0.706. The first kappa shape index (κ1) is 14.5. The van der Waals surface area contributed by atoms with Crippen LogP contribution in [0.5, 0.6) is 0 Å². The van der Waals surface area contributed by atoms with Gasteiger partial charge in [-0.05, 0) is 6.42 Å². The van der Waals surface area contributed by atoms with Gasteiger partial charge in [-0.15, -0.1) is 0 Å². The van der Waals surface area contributed by atoms with Crippen molar-refractivity contribution in [2.24, 2.45) is 0 Å². The maximum Gasteiger partial charge on any atom is 0.217 e. The average molecular weight is 183 g/mol. The van der Waals surface area contributed by atoms with Crippen LogP contribution in [0.15, 0.2) is 24.3 Å². The van der Waals surface area contributed by atoms with Crippen molar-refractivity contribution < 1.29 is 4.79 Å². The van der Waals surface area contributed by atoms with E-state index in [9.17, 15) is 4.79 Å². The molecular weight excluding hydrogens is 162 g/mol. The molecule has 0 heterocycles. The zero-order valence-electron chi connectivity index (χ0n) is 9.18. The second kappa shape index (κ2) is 11.0. The molecule has 0 aliphatic rings.